The molecule has 1 N–H and O–H groups in total. The van der Waals surface area contributed by atoms with E-state index in [4.69, 9.17) is 4.84 Å². The Labute approximate surface area is 183 Å². The van der Waals surface area contributed by atoms with Crippen LogP contribution in [0, 0.1) is 0 Å². The molecule has 1 amide bonds. The Balaban J connectivity index is 1.85. The molecule has 0 saturated heterocycles. The molecule has 0 bridgehead atoms. The van der Waals surface area contributed by atoms with Crippen molar-refractivity contribution in [2.75, 3.05) is 5.75 Å². The molecule has 4 rings (SSSR count). The number of alkyl halides is 3. The topological polar surface area (TPSA) is 98.7 Å². The van der Waals surface area contributed by atoms with Crippen LogP contribution in [0.5, 0.6) is 0 Å². The summed E-state index contributed by atoms with van der Waals surface area (Å²) < 4.78 is 41.5. The Hall–Kier alpha value is -3.19. The number of carbonyl (C=O) groups excluding carboxylic acids is 1. The predicted molar refractivity (Wildman–Crippen MR) is 110 cm³/mol. The fourth-order valence-electron chi connectivity index (χ4n) is 2.94. The average Bonchev–Trinajstić information content (AvgIpc) is 3.32. The molecule has 0 saturated carbocycles. The first-order valence-electron chi connectivity index (χ1n) is 9.59. The lowest BCUT2D eigenvalue weighted by Gasteiger charge is -2.09. The van der Waals surface area contributed by atoms with Crippen LogP contribution in [0.1, 0.15) is 37.0 Å². The number of nitrogens with one attached hydrogen (secondary N) is 1. The highest BCUT2D eigenvalue weighted by atomic mass is 32.2. The van der Waals surface area contributed by atoms with Gasteiger partial charge in [-0.1, -0.05) is 6.92 Å². The van der Waals surface area contributed by atoms with E-state index in [0.717, 1.165) is 10.6 Å². The van der Waals surface area contributed by atoms with Crippen molar-refractivity contribution in [3.05, 3.63) is 42.0 Å². The number of fused-ring (bicyclic) bond motifs is 2. The molecule has 4 heterocycles. The molecule has 0 unspecified atom stereocenters. The van der Waals surface area contributed by atoms with Crippen molar-refractivity contribution in [1.82, 2.24) is 34.7 Å². The van der Waals surface area contributed by atoms with Gasteiger partial charge in [0.2, 0.25) is 0 Å². The maximum atomic E-state index is 13.0. The van der Waals surface area contributed by atoms with E-state index < -0.39 is 17.8 Å². The molecule has 13 heteroatoms. The Morgan fingerprint density at radius 3 is 2.75 bits per heavy atom. The van der Waals surface area contributed by atoms with E-state index in [1.807, 2.05) is 6.92 Å². The Morgan fingerprint density at radius 2 is 2.06 bits per heavy atom. The summed E-state index contributed by atoms with van der Waals surface area (Å²) in [6.07, 6.45) is -1.96. The Bertz CT molecular complexity index is 1300. The van der Waals surface area contributed by atoms with E-state index >= 15 is 0 Å². The van der Waals surface area contributed by atoms with Gasteiger partial charge in [0.15, 0.2) is 17.0 Å². The molecular weight excluding hydrogens is 447 g/mol. The average molecular weight is 465 g/mol. The molecule has 0 aliphatic carbocycles. The van der Waals surface area contributed by atoms with Crippen LogP contribution in [0.15, 0.2) is 35.6 Å². The van der Waals surface area contributed by atoms with Crippen molar-refractivity contribution in [1.29, 1.82) is 0 Å². The number of rotatable bonds is 6. The van der Waals surface area contributed by atoms with Crippen LogP contribution < -0.4 is 5.48 Å². The zero-order valence-corrected chi connectivity index (χ0v) is 18.0. The third kappa shape index (κ3) is 4.12. The molecule has 0 radical (unpaired) electrons. The van der Waals surface area contributed by atoms with Crippen LogP contribution in [-0.4, -0.2) is 47.0 Å². The molecule has 0 aliphatic rings. The normalized spacial score (nSPS) is 12.2. The van der Waals surface area contributed by atoms with E-state index in [9.17, 15) is 18.0 Å². The van der Waals surface area contributed by atoms with E-state index in [-0.39, 0.29) is 17.4 Å². The smallest absolute Gasteiger partial charge is 0.271 e. The number of thioether (sulfide) groups is 1. The largest absolute Gasteiger partial charge is 0.435 e. The third-order valence-electron chi connectivity index (χ3n) is 4.26. The predicted octanol–water partition coefficient (Wildman–Crippen LogP) is 3.64. The van der Waals surface area contributed by atoms with Gasteiger partial charge in [-0.2, -0.15) is 23.4 Å². The molecule has 4 aromatic heterocycles. The lowest BCUT2D eigenvalue weighted by Crippen LogP contribution is -2.28. The molecule has 0 aliphatic heterocycles. The second kappa shape index (κ2) is 8.39. The minimum atomic E-state index is -4.58. The summed E-state index contributed by atoms with van der Waals surface area (Å²) in [4.78, 5) is 26.5. The van der Waals surface area contributed by atoms with Gasteiger partial charge >= 0.3 is 6.18 Å². The number of carbonyl (C=O) groups is 1. The Kier molecular flexibility index (Phi) is 5.77. The summed E-state index contributed by atoms with van der Waals surface area (Å²) in [5.41, 5.74) is 2.75. The number of nitrogens with zero attached hydrogens (tertiary/aromatic N) is 6. The minimum Gasteiger partial charge on any atom is -0.271 e. The van der Waals surface area contributed by atoms with Gasteiger partial charge in [-0.3, -0.25) is 9.63 Å². The van der Waals surface area contributed by atoms with Gasteiger partial charge in [-0.05, 0) is 31.7 Å². The van der Waals surface area contributed by atoms with Crippen molar-refractivity contribution >= 4 is 29.0 Å². The van der Waals surface area contributed by atoms with Gasteiger partial charge in [-0.25, -0.2) is 24.5 Å². The second-order valence-electron chi connectivity index (χ2n) is 6.92. The molecular formula is C19H18F3N7O2S. The van der Waals surface area contributed by atoms with Crippen LogP contribution in [0.2, 0.25) is 0 Å². The van der Waals surface area contributed by atoms with E-state index in [0.29, 0.717) is 27.7 Å². The zero-order valence-electron chi connectivity index (χ0n) is 17.2. The van der Waals surface area contributed by atoms with Gasteiger partial charge in [0.1, 0.15) is 10.7 Å². The van der Waals surface area contributed by atoms with Crippen LogP contribution in [-0.2, 0) is 11.0 Å². The molecule has 0 spiro atoms. The van der Waals surface area contributed by atoms with E-state index in [2.05, 4.69) is 25.6 Å². The maximum absolute atomic E-state index is 13.0. The molecule has 9 nitrogen and oxygen atoms in total. The number of hydroxylamine groups is 1. The lowest BCUT2D eigenvalue weighted by atomic mass is 10.2. The van der Waals surface area contributed by atoms with Crippen LogP contribution in [0.25, 0.3) is 22.6 Å². The molecule has 0 aromatic carbocycles. The summed E-state index contributed by atoms with van der Waals surface area (Å²) in [6, 6.07) is 3.90. The van der Waals surface area contributed by atoms with Gasteiger partial charge in [0.05, 0.1) is 17.4 Å². The standard InChI is InChI=1S/C19H18F3N7O2S/c1-4-32-18-15(11-6-8-28-14(24-11)9-13(25-28)19(20,21)22)16-23-7-5-12(29(16)26-18)17(30)27-31-10(2)3/h5-10H,4H2,1-3H3,(H,27,30). The fourth-order valence-corrected chi connectivity index (χ4v) is 3.69. The minimum absolute atomic E-state index is 0.0286. The number of hydrogen-bond donors (Lipinski definition) is 1. The SMILES string of the molecule is CCSc1nn2c(C(=O)NOC(C)C)ccnc2c1-c1ccn2nc(C(F)(F)F)cc2n1. The monoisotopic (exact) mass is 465 g/mol. The number of amides is 1. The second-order valence-corrected chi connectivity index (χ2v) is 8.17. The van der Waals surface area contributed by atoms with Crippen molar-refractivity contribution in [2.24, 2.45) is 0 Å². The molecule has 4 aromatic rings. The van der Waals surface area contributed by atoms with Crippen LogP contribution >= 0.6 is 11.8 Å². The summed E-state index contributed by atoms with van der Waals surface area (Å²) in [5, 5.41) is 8.57. The quantitative estimate of drug-likeness (QED) is 0.343. The highest BCUT2D eigenvalue weighted by Crippen LogP contribution is 2.34. The first-order valence-corrected chi connectivity index (χ1v) is 10.6. The Morgan fingerprint density at radius 1 is 1.28 bits per heavy atom. The number of hydrogen-bond acceptors (Lipinski definition) is 7. The lowest BCUT2D eigenvalue weighted by molar-refractivity contribution is -0.141. The summed E-state index contributed by atoms with van der Waals surface area (Å²) in [5.74, 6) is 0.157. The molecule has 168 valence electrons. The maximum Gasteiger partial charge on any atom is 0.435 e. The van der Waals surface area contributed by atoms with E-state index in [1.165, 1.54) is 40.8 Å². The van der Waals surface area contributed by atoms with E-state index in [1.54, 1.807) is 13.8 Å². The van der Waals surface area contributed by atoms with Crippen molar-refractivity contribution < 1.29 is 22.8 Å². The fraction of sp³-hybridized carbons (Fsp3) is 0.316. The van der Waals surface area contributed by atoms with Crippen molar-refractivity contribution in [2.45, 2.75) is 38.1 Å². The number of halogens is 3. The van der Waals surface area contributed by atoms with Gasteiger partial charge < -0.3 is 0 Å². The van der Waals surface area contributed by atoms with Crippen LogP contribution in [0.3, 0.4) is 0 Å². The van der Waals surface area contributed by atoms with Crippen LogP contribution in [0.4, 0.5) is 13.2 Å². The zero-order chi connectivity index (χ0) is 23.0. The van der Waals surface area contributed by atoms with Gasteiger partial charge in [0, 0.05) is 18.5 Å². The van der Waals surface area contributed by atoms with Crippen molar-refractivity contribution in [3.8, 4) is 11.3 Å². The number of aromatic nitrogens is 6. The highest BCUT2D eigenvalue weighted by Gasteiger charge is 2.34. The summed E-state index contributed by atoms with van der Waals surface area (Å²) in [7, 11) is 0. The summed E-state index contributed by atoms with van der Waals surface area (Å²) in [6.45, 7) is 5.47. The first kappa shape index (κ1) is 22.0. The molecule has 0 atom stereocenters. The highest BCUT2D eigenvalue weighted by molar-refractivity contribution is 7.99. The van der Waals surface area contributed by atoms with Gasteiger partial charge in [0.25, 0.3) is 5.91 Å². The summed E-state index contributed by atoms with van der Waals surface area (Å²) >= 11 is 1.40. The first-order chi connectivity index (χ1) is 15.2. The third-order valence-corrected chi connectivity index (χ3v) is 5.11. The molecule has 0 fully saturated rings. The van der Waals surface area contributed by atoms with Gasteiger partial charge in [-0.15, -0.1) is 11.8 Å². The molecule has 32 heavy (non-hydrogen) atoms. The van der Waals surface area contributed by atoms with Crippen molar-refractivity contribution in [3.63, 3.8) is 0 Å².